The van der Waals surface area contributed by atoms with Gasteiger partial charge in [-0.15, -0.1) is 11.3 Å². The highest BCUT2D eigenvalue weighted by atomic mass is 32.1. The third kappa shape index (κ3) is 15.8. The molecule has 0 aliphatic carbocycles. The van der Waals surface area contributed by atoms with Gasteiger partial charge in [0.15, 0.2) is 0 Å². The summed E-state index contributed by atoms with van der Waals surface area (Å²) in [5.74, 6) is 0. The quantitative estimate of drug-likeness (QED) is 0.0487. The first-order valence-electron chi connectivity index (χ1n) is 29.3. The minimum absolute atomic E-state index is 0.510. The zero-order valence-electron chi connectivity index (χ0n) is 49.0. The molecule has 0 saturated carbocycles. The largest absolute Gasteiger partial charge is 0.372 e. The highest BCUT2D eigenvalue weighted by Crippen LogP contribution is 2.41. The van der Waals surface area contributed by atoms with Crippen LogP contribution in [-0.2, 0) is 71.8 Å². The van der Waals surface area contributed by atoms with Crippen LogP contribution in [0.1, 0.15) is 66.8 Å². The van der Waals surface area contributed by atoms with E-state index in [1.165, 1.54) is 9.75 Å². The molecule has 0 saturated heterocycles. The molecule has 10 aromatic carbocycles. The molecule has 0 amide bonds. The normalized spacial score (nSPS) is 11.0. The van der Waals surface area contributed by atoms with Crippen molar-refractivity contribution in [3.05, 3.63) is 348 Å². The molecular formula is C80H70N2O4S. The second-order valence-electron chi connectivity index (χ2n) is 21.3. The number of nitrogens with zero attached hydrogens (tertiary/aromatic N) is 2. The van der Waals surface area contributed by atoms with Crippen LogP contribution in [-0.4, -0.2) is 0 Å². The van der Waals surface area contributed by atoms with Crippen molar-refractivity contribution in [1.82, 2.24) is 0 Å². The average Bonchev–Trinajstić information content (AvgIpc) is 3.80. The van der Waals surface area contributed by atoms with Crippen molar-refractivity contribution in [1.29, 1.82) is 0 Å². The van der Waals surface area contributed by atoms with Gasteiger partial charge in [0.05, 0.1) is 52.9 Å². The van der Waals surface area contributed by atoms with Crippen LogP contribution in [0.4, 0.5) is 34.1 Å². The number of anilines is 6. The Hall–Kier alpha value is -9.70. The third-order valence-electron chi connectivity index (χ3n) is 15.2. The fourth-order valence-electron chi connectivity index (χ4n) is 10.2. The number of ether oxygens (including phenoxy) is 4. The van der Waals surface area contributed by atoms with E-state index in [-0.39, 0.29) is 0 Å². The van der Waals surface area contributed by atoms with Crippen LogP contribution in [0.15, 0.2) is 281 Å². The van der Waals surface area contributed by atoms with Crippen molar-refractivity contribution in [2.75, 3.05) is 9.80 Å². The Kier molecular flexibility index (Phi) is 20.0. The minimum Gasteiger partial charge on any atom is -0.372 e. The predicted molar refractivity (Wildman–Crippen MR) is 365 cm³/mol. The summed E-state index contributed by atoms with van der Waals surface area (Å²) in [5, 5.41) is 0. The van der Waals surface area contributed by atoms with Gasteiger partial charge < -0.3 is 28.7 Å². The van der Waals surface area contributed by atoms with E-state index in [4.69, 9.17) is 18.9 Å². The van der Waals surface area contributed by atoms with Gasteiger partial charge in [0.1, 0.15) is 0 Å². The lowest BCUT2D eigenvalue weighted by Crippen LogP contribution is -2.10. The fourth-order valence-corrected chi connectivity index (χ4v) is 11.2. The summed E-state index contributed by atoms with van der Waals surface area (Å²) in [6.45, 7) is 19.7. The monoisotopic (exact) mass is 1150 g/mol. The molecule has 0 spiro atoms. The van der Waals surface area contributed by atoms with Crippen molar-refractivity contribution in [2.24, 2.45) is 0 Å². The minimum atomic E-state index is 0.510. The van der Waals surface area contributed by atoms with Crippen molar-refractivity contribution >= 4 is 69.8 Å². The summed E-state index contributed by atoms with van der Waals surface area (Å²) in [5.41, 5.74) is 21.9. The maximum Gasteiger partial charge on any atom is 0.0721 e. The molecule has 1 heterocycles. The first-order valence-corrected chi connectivity index (χ1v) is 30.1. The van der Waals surface area contributed by atoms with E-state index in [0.717, 1.165) is 112 Å². The van der Waals surface area contributed by atoms with Gasteiger partial charge in [-0.25, -0.2) is 0 Å². The average molecular weight is 1160 g/mol. The molecule has 430 valence electrons. The van der Waals surface area contributed by atoms with Crippen LogP contribution in [0.2, 0.25) is 0 Å². The van der Waals surface area contributed by atoms with Gasteiger partial charge in [0, 0.05) is 43.9 Å². The fraction of sp³-hybridized carbons (Fsp3) is 0.100. The van der Waals surface area contributed by atoms with Crippen molar-refractivity contribution in [2.45, 2.75) is 52.9 Å². The molecule has 0 unspecified atom stereocenters. The van der Waals surface area contributed by atoms with Crippen LogP contribution in [0.3, 0.4) is 0 Å². The molecule has 0 N–H and O–H groups in total. The second-order valence-corrected chi connectivity index (χ2v) is 22.4. The summed E-state index contributed by atoms with van der Waals surface area (Å²) in [7, 11) is 0. The SMILES string of the molecule is C=Cc1ccc(COCc2ccc(N(c3ccc(COCc4ccc(C=C)cc4)cc3)c3ccc(-c4ccc(-c5ccc(N(c6ccc(COCc7ccc(C=C)cc7)cc6)c6ccc(COCc7ccc(C=C)cc7)cc6)cc5)s4)cc3)cc2)cc1. The van der Waals surface area contributed by atoms with Gasteiger partial charge in [-0.3, -0.25) is 0 Å². The smallest absolute Gasteiger partial charge is 0.0721 e. The highest BCUT2D eigenvalue weighted by Gasteiger charge is 2.17. The Balaban J connectivity index is 0.791. The molecule has 1 aromatic heterocycles. The first kappa shape index (κ1) is 59.0. The molecule has 0 radical (unpaired) electrons. The lowest BCUT2D eigenvalue weighted by atomic mass is 10.1. The Bertz CT molecular complexity index is 3520. The second kappa shape index (κ2) is 29.4. The van der Waals surface area contributed by atoms with Crippen LogP contribution < -0.4 is 9.80 Å². The zero-order valence-corrected chi connectivity index (χ0v) is 49.8. The van der Waals surface area contributed by atoms with Crippen LogP contribution in [0.25, 0.3) is 45.2 Å². The third-order valence-corrected chi connectivity index (χ3v) is 16.4. The summed E-state index contributed by atoms with van der Waals surface area (Å²) < 4.78 is 24.6. The maximum atomic E-state index is 6.15. The molecule has 0 atom stereocenters. The summed E-state index contributed by atoms with van der Waals surface area (Å²) in [4.78, 5) is 6.99. The topological polar surface area (TPSA) is 43.4 Å². The summed E-state index contributed by atoms with van der Waals surface area (Å²) >= 11 is 1.80. The van der Waals surface area contributed by atoms with Gasteiger partial charge in [-0.2, -0.15) is 0 Å². The molecule has 6 nitrogen and oxygen atoms in total. The number of hydrogen-bond donors (Lipinski definition) is 0. The van der Waals surface area contributed by atoms with E-state index < -0.39 is 0 Å². The lowest BCUT2D eigenvalue weighted by molar-refractivity contribution is 0.107. The van der Waals surface area contributed by atoms with Crippen LogP contribution in [0, 0.1) is 0 Å². The van der Waals surface area contributed by atoms with E-state index in [1.54, 1.807) is 11.3 Å². The van der Waals surface area contributed by atoms with E-state index in [2.05, 4.69) is 291 Å². The Morgan fingerprint density at radius 2 is 0.402 bits per heavy atom. The van der Waals surface area contributed by atoms with Gasteiger partial charge in [-0.05, 0) is 163 Å². The molecule has 7 heteroatoms. The number of benzene rings is 10. The van der Waals surface area contributed by atoms with E-state index >= 15 is 0 Å². The Morgan fingerprint density at radius 1 is 0.230 bits per heavy atom. The molecule has 0 bridgehead atoms. The molecule has 0 fully saturated rings. The lowest BCUT2D eigenvalue weighted by Gasteiger charge is -2.26. The molecule has 11 aromatic rings. The molecular weight excluding hydrogens is 1080 g/mol. The van der Waals surface area contributed by atoms with Crippen LogP contribution in [0.5, 0.6) is 0 Å². The highest BCUT2D eigenvalue weighted by molar-refractivity contribution is 7.18. The zero-order chi connectivity index (χ0) is 59.6. The predicted octanol–water partition coefficient (Wildman–Crippen LogP) is 21.5. The van der Waals surface area contributed by atoms with Crippen LogP contribution >= 0.6 is 11.3 Å². The Labute approximate surface area is 517 Å². The van der Waals surface area contributed by atoms with Gasteiger partial charge in [-0.1, -0.05) is 220 Å². The Morgan fingerprint density at radius 3 is 0.586 bits per heavy atom. The van der Waals surface area contributed by atoms with Gasteiger partial charge >= 0.3 is 0 Å². The number of rotatable bonds is 28. The first-order chi connectivity index (χ1) is 42.9. The summed E-state index contributed by atoms with van der Waals surface area (Å²) in [6, 6.07) is 90.1. The summed E-state index contributed by atoms with van der Waals surface area (Å²) in [6.07, 6.45) is 7.41. The van der Waals surface area contributed by atoms with Crippen molar-refractivity contribution in [3.63, 3.8) is 0 Å². The molecule has 87 heavy (non-hydrogen) atoms. The molecule has 0 aliphatic heterocycles. The van der Waals surface area contributed by atoms with E-state index in [9.17, 15) is 0 Å². The molecule has 11 rings (SSSR count). The number of thiophene rings is 1. The standard InChI is InChI=1S/C80H70N2O4S/c1-5-59-9-17-63(18-10-59)51-83-55-67-25-37-73(38-26-67)81(74-39-27-68(28-40-74)56-84-52-64-19-11-60(6-2)12-20-64)77-45-33-71(34-46-77)79-49-50-80(87-79)72-35-47-78(48-36-72)82(75-41-29-69(30-42-75)57-85-53-65-21-13-61(7-3)14-22-65)76-43-31-70(32-44-76)58-86-54-66-23-15-62(8-4)16-24-66/h5-50H,1-4,51-58H2. The van der Waals surface area contributed by atoms with Gasteiger partial charge in [0.2, 0.25) is 0 Å². The van der Waals surface area contributed by atoms with Crippen molar-refractivity contribution < 1.29 is 18.9 Å². The molecule has 0 aliphatic rings. The van der Waals surface area contributed by atoms with Crippen molar-refractivity contribution in [3.8, 4) is 20.9 Å². The number of hydrogen-bond acceptors (Lipinski definition) is 7. The maximum absolute atomic E-state index is 6.15. The van der Waals surface area contributed by atoms with E-state index in [1.807, 2.05) is 24.3 Å². The van der Waals surface area contributed by atoms with E-state index in [0.29, 0.717) is 52.9 Å². The van der Waals surface area contributed by atoms with Gasteiger partial charge in [0.25, 0.3) is 0 Å².